The number of nitrogens with zero attached hydrogens (tertiary/aromatic N) is 1. The van der Waals surface area contributed by atoms with Crippen LogP contribution in [0.4, 0.5) is 0 Å². The minimum absolute atomic E-state index is 0.0799. The lowest BCUT2D eigenvalue weighted by Gasteiger charge is -2.21. The Morgan fingerprint density at radius 2 is 1.81 bits per heavy atom. The maximum atomic E-state index is 9.02. The molecular formula is C30H30NO+. The number of rotatable bonds is 3. The Kier molecular flexibility index (Phi) is 4.24. The Balaban J connectivity index is 1.58. The van der Waals surface area contributed by atoms with E-state index in [9.17, 15) is 0 Å². The Morgan fingerprint density at radius 1 is 0.969 bits per heavy atom. The lowest BCUT2D eigenvalue weighted by atomic mass is 9.85. The van der Waals surface area contributed by atoms with E-state index in [0.29, 0.717) is 0 Å². The number of hydrogen-bond acceptors (Lipinski definition) is 1. The van der Waals surface area contributed by atoms with E-state index in [2.05, 4.69) is 66.1 Å². The number of aryl methyl sites for hydroxylation is 2. The third-order valence-electron chi connectivity index (χ3n) is 7.12. The molecule has 0 amide bonds. The Morgan fingerprint density at radius 3 is 2.69 bits per heavy atom. The van der Waals surface area contributed by atoms with Crippen molar-refractivity contribution in [3.8, 4) is 11.3 Å². The quantitative estimate of drug-likeness (QED) is 0.273. The van der Waals surface area contributed by atoms with E-state index in [4.69, 9.17) is 7.16 Å². The lowest BCUT2D eigenvalue weighted by Crippen LogP contribution is -2.31. The summed E-state index contributed by atoms with van der Waals surface area (Å²) in [5, 5.41) is 4.65. The first kappa shape index (κ1) is 17.4. The highest BCUT2D eigenvalue weighted by Crippen LogP contribution is 2.40. The molecule has 0 spiro atoms. The van der Waals surface area contributed by atoms with Gasteiger partial charge in [-0.25, -0.2) is 4.57 Å². The predicted octanol–water partition coefficient (Wildman–Crippen LogP) is 7.66. The molecule has 0 atom stereocenters. The van der Waals surface area contributed by atoms with Gasteiger partial charge in [-0.2, -0.15) is 0 Å². The van der Waals surface area contributed by atoms with Crippen LogP contribution in [0.2, 0.25) is 0 Å². The lowest BCUT2D eigenvalue weighted by molar-refractivity contribution is -0.660. The van der Waals surface area contributed by atoms with Gasteiger partial charge in [-0.15, -0.1) is 0 Å². The topological polar surface area (TPSA) is 17.0 Å². The van der Waals surface area contributed by atoms with Crippen molar-refractivity contribution < 1.29 is 11.7 Å². The van der Waals surface area contributed by atoms with Gasteiger partial charge >= 0.3 is 0 Å². The fraction of sp³-hybridized carbons (Fsp3) is 0.300. The molecule has 0 unspecified atom stereocenters. The van der Waals surface area contributed by atoms with Crippen molar-refractivity contribution in [3.63, 3.8) is 0 Å². The molecule has 2 aromatic heterocycles. The molecule has 0 saturated heterocycles. The number of fused-ring (bicyclic) bond motifs is 5. The number of hydrogen-bond donors (Lipinski definition) is 0. The summed E-state index contributed by atoms with van der Waals surface area (Å²) in [5.74, 6) is 0.0799. The molecule has 2 heterocycles. The molecule has 0 bridgehead atoms. The van der Waals surface area contributed by atoms with Crippen LogP contribution in [0, 0.1) is 12.8 Å². The van der Waals surface area contributed by atoms with Crippen LogP contribution in [-0.4, -0.2) is 0 Å². The predicted molar refractivity (Wildman–Crippen MR) is 133 cm³/mol. The Bertz CT molecular complexity index is 1540. The zero-order valence-electron chi connectivity index (χ0n) is 20.8. The largest absolute Gasteiger partial charge is 0.455 e. The van der Waals surface area contributed by atoms with Gasteiger partial charge in [0.15, 0.2) is 6.20 Å². The summed E-state index contributed by atoms with van der Waals surface area (Å²) in [4.78, 5) is 0. The molecule has 1 fully saturated rings. The van der Waals surface area contributed by atoms with Crippen LogP contribution in [0.5, 0.6) is 0 Å². The smallest absolute Gasteiger partial charge is 0.216 e. The maximum absolute atomic E-state index is 9.02. The van der Waals surface area contributed by atoms with Crippen molar-refractivity contribution >= 4 is 32.7 Å². The van der Waals surface area contributed by atoms with Crippen molar-refractivity contribution in [1.82, 2.24) is 0 Å². The zero-order valence-corrected chi connectivity index (χ0v) is 18.8. The number of benzene rings is 3. The molecule has 5 aromatic rings. The van der Waals surface area contributed by atoms with Gasteiger partial charge in [0, 0.05) is 25.6 Å². The van der Waals surface area contributed by atoms with E-state index in [1.54, 1.807) is 0 Å². The molecule has 0 N–H and O–H groups in total. The van der Waals surface area contributed by atoms with Crippen LogP contribution in [0.25, 0.3) is 44.0 Å². The average Bonchev–Trinajstić information content (AvgIpc) is 3.24. The van der Waals surface area contributed by atoms with Crippen molar-refractivity contribution in [2.24, 2.45) is 13.0 Å². The Hall–Kier alpha value is -3.13. The van der Waals surface area contributed by atoms with Crippen molar-refractivity contribution in [2.45, 2.75) is 45.4 Å². The van der Waals surface area contributed by atoms with Crippen molar-refractivity contribution in [3.05, 3.63) is 78.0 Å². The molecule has 1 aliphatic rings. The summed E-state index contributed by atoms with van der Waals surface area (Å²) >= 11 is 0. The fourth-order valence-electron chi connectivity index (χ4n) is 5.42. The monoisotopic (exact) mass is 422 g/mol. The molecule has 160 valence electrons. The highest BCUT2D eigenvalue weighted by atomic mass is 16.3. The third-order valence-corrected chi connectivity index (χ3v) is 7.12. The van der Waals surface area contributed by atoms with Crippen LogP contribution in [0.3, 0.4) is 0 Å². The van der Waals surface area contributed by atoms with E-state index in [1.165, 1.54) is 17.2 Å². The van der Waals surface area contributed by atoms with E-state index < -0.39 is 6.37 Å². The van der Waals surface area contributed by atoms with Gasteiger partial charge in [-0.1, -0.05) is 74.6 Å². The minimum Gasteiger partial charge on any atom is -0.455 e. The van der Waals surface area contributed by atoms with Crippen LogP contribution < -0.4 is 4.57 Å². The van der Waals surface area contributed by atoms with Crippen LogP contribution in [0.15, 0.2) is 71.3 Å². The fourth-order valence-corrected chi connectivity index (χ4v) is 5.42. The van der Waals surface area contributed by atoms with Gasteiger partial charge in [0.05, 0.1) is 5.56 Å². The highest BCUT2D eigenvalue weighted by molar-refractivity contribution is 6.20. The number of aromatic nitrogens is 1. The Labute approximate surface area is 192 Å². The summed E-state index contributed by atoms with van der Waals surface area (Å²) in [7, 11) is 2.03. The molecule has 0 radical (unpaired) electrons. The zero-order chi connectivity index (χ0) is 23.4. The summed E-state index contributed by atoms with van der Waals surface area (Å²) in [5.41, 5.74) is 5.69. The summed E-state index contributed by atoms with van der Waals surface area (Å²) < 4.78 is 26.6. The molecule has 1 saturated carbocycles. The third kappa shape index (κ3) is 3.21. The second-order valence-corrected chi connectivity index (χ2v) is 9.29. The average molecular weight is 423 g/mol. The van der Waals surface area contributed by atoms with Gasteiger partial charge in [0.2, 0.25) is 5.69 Å². The van der Waals surface area contributed by atoms with Gasteiger partial charge in [0.25, 0.3) is 0 Å². The normalized spacial score (nSPS) is 16.6. The van der Waals surface area contributed by atoms with Gasteiger partial charge in [-0.3, -0.25) is 0 Å². The standard InChI is InChI=1S/C30H30NO/c1-20-12-14-25-29-24-11-7-6-10-23(24)13-15-27(29)32-30(25)28(20)26-19-22(16-17-31(26)2)18-21-8-4-3-5-9-21/h6-7,10-17,19,21H,3-5,8-9,18H2,1-2H3/q+1/i18D2. The summed E-state index contributed by atoms with van der Waals surface area (Å²) in [6, 6.07) is 21.0. The van der Waals surface area contributed by atoms with Crippen molar-refractivity contribution in [1.29, 1.82) is 0 Å². The molecule has 3 aromatic carbocycles. The number of pyridine rings is 1. The maximum Gasteiger partial charge on any atom is 0.216 e. The van der Waals surface area contributed by atoms with E-state index in [0.717, 1.165) is 70.0 Å². The second-order valence-electron chi connectivity index (χ2n) is 9.29. The second kappa shape index (κ2) is 7.78. The number of furan rings is 1. The van der Waals surface area contributed by atoms with Crippen molar-refractivity contribution in [2.75, 3.05) is 0 Å². The first-order valence-electron chi connectivity index (χ1n) is 12.8. The minimum atomic E-state index is -1.34. The first-order valence-corrected chi connectivity index (χ1v) is 11.8. The highest BCUT2D eigenvalue weighted by Gasteiger charge is 2.23. The molecule has 32 heavy (non-hydrogen) atoms. The van der Waals surface area contributed by atoms with E-state index >= 15 is 0 Å². The van der Waals surface area contributed by atoms with Gasteiger partial charge in [0.1, 0.15) is 18.2 Å². The molecule has 2 nitrogen and oxygen atoms in total. The summed E-state index contributed by atoms with van der Waals surface area (Å²) in [6.45, 7) is 2.11. The summed E-state index contributed by atoms with van der Waals surface area (Å²) in [6.07, 6.45) is 6.08. The van der Waals surface area contributed by atoms with E-state index in [1.807, 2.05) is 19.3 Å². The van der Waals surface area contributed by atoms with Gasteiger partial charge < -0.3 is 4.42 Å². The first-order chi connectivity index (χ1) is 16.4. The van der Waals surface area contributed by atoms with Gasteiger partial charge in [-0.05, 0) is 47.2 Å². The van der Waals surface area contributed by atoms with Crippen LogP contribution in [-0.2, 0) is 13.4 Å². The SMILES string of the molecule is [2H]C([2H])(c1cc[n+](C)c(-c2c(C)ccc3c2oc2ccc4ccccc4c23)c1)C1CCCCC1. The van der Waals surface area contributed by atoms with E-state index in [-0.39, 0.29) is 5.92 Å². The molecule has 6 rings (SSSR count). The molecule has 2 heteroatoms. The van der Waals surface area contributed by atoms with Crippen LogP contribution >= 0.6 is 0 Å². The molecular weight excluding hydrogens is 390 g/mol. The molecule has 0 aliphatic heterocycles. The molecule has 1 aliphatic carbocycles. The van der Waals surface area contributed by atoms with Crippen LogP contribution in [0.1, 0.15) is 46.0 Å².